The minimum atomic E-state index is -1.66. The highest BCUT2D eigenvalue weighted by molar-refractivity contribution is 7.85. The number of hydrogen-bond acceptors (Lipinski definition) is 2. The molecule has 0 saturated heterocycles. The van der Waals surface area contributed by atoms with Crippen molar-refractivity contribution in [3.63, 3.8) is 0 Å². The molecule has 0 aliphatic rings. The van der Waals surface area contributed by atoms with Crippen LogP contribution in [-0.4, -0.2) is 16.5 Å². The van der Waals surface area contributed by atoms with Crippen LogP contribution in [0.5, 0.6) is 0 Å². The number of halogens is 2. The molecule has 2 aromatic rings. The zero-order valence-corrected chi connectivity index (χ0v) is 12.7. The van der Waals surface area contributed by atoms with Gasteiger partial charge >= 0.3 is 0 Å². The first kappa shape index (κ1) is 15.8. The average molecular weight is 309 g/mol. The summed E-state index contributed by atoms with van der Waals surface area (Å²) in [6, 6.07) is 12.3. The minimum absolute atomic E-state index is 0.0984. The van der Waals surface area contributed by atoms with Gasteiger partial charge < -0.3 is 5.32 Å². The van der Waals surface area contributed by atoms with Gasteiger partial charge in [-0.05, 0) is 37.7 Å². The molecular formula is C16H17F2NOS. The Balaban J connectivity index is 2.31. The van der Waals surface area contributed by atoms with Crippen molar-refractivity contribution in [2.75, 3.05) is 7.05 Å². The second-order valence-corrected chi connectivity index (χ2v) is 6.53. The van der Waals surface area contributed by atoms with Crippen LogP contribution in [0, 0.1) is 11.6 Å². The van der Waals surface area contributed by atoms with Gasteiger partial charge in [0.15, 0.2) is 0 Å². The molecule has 0 fully saturated rings. The number of benzene rings is 2. The maximum absolute atomic E-state index is 13.8. The summed E-state index contributed by atoms with van der Waals surface area (Å²) in [5.74, 6) is -1.24. The van der Waals surface area contributed by atoms with Crippen molar-refractivity contribution in [1.29, 1.82) is 0 Å². The molecule has 0 saturated carbocycles. The fourth-order valence-corrected chi connectivity index (χ4v) is 3.72. The maximum Gasteiger partial charge on any atom is 0.139 e. The summed E-state index contributed by atoms with van der Waals surface area (Å²) in [5.41, 5.74) is 0.956. The normalized spacial score (nSPS) is 15.4. The van der Waals surface area contributed by atoms with Gasteiger partial charge in [0, 0.05) is 6.04 Å². The van der Waals surface area contributed by atoms with Crippen LogP contribution in [0.1, 0.15) is 18.5 Å². The van der Waals surface area contributed by atoms with Crippen LogP contribution in [0.4, 0.5) is 8.78 Å². The lowest BCUT2D eigenvalue weighted by atomic mass is 10.0. The van der Waals surface area contributed by atoms with E-state index >= 15 is 0 Å². The van der Waals surface area contributed by atoms with Crippen LogP contribution in [0.15, 0.2) is 53.4 Å². The van der Waals surface area contributed by atoms with Gasteiger partial charge in [-0.25, -0.2) is 8.78 Å². The molecule has 0 radical (unpaired) electrons. The van der Waals surface area contributed by atoms with E-state index in [2.05, 4.69) is 5.32 Å². The SMILES string of the molecule is CNC(c1ccccc1)C(C)S(=O)c1cc(F)ccc1F. The molecule has 0 amide bonds. The fraction of sp³-hybridized carbons (Fsp3) is 0.250. The van der Waals surface area contributed by atoms with Crippen LogP contribution in [-0.2, 0) is 10.8 Å². The van der Waals surface area contributed by atoms with Crippen LogP contribution in [0.3, 0.4) is 0 Å². The lowest BCUT2D eigenvalue weighted by molar-refractivity contribution is 0.553. The number of hydrogen-bond donors (Lipinski definition) is 1. The topological polar surface area (TPSA) is 29.1 Å². The molecule has 3 atom stereocenters. The van der Waals surface area contributed by atoms with E-state index < -0.39 is 27.7 Å². The Morgan fingerprint density at radius 3 is 2.38 bits per heavy atom. The average Bonchev–Trinajstić information content (AvgIpc) is 2.50. The van der Waals surface area contributed by atoms with Gasteiger partial charge in [-0.15, -0.1) is 0 Å². The van der Waals surface area contributed by atoms with E-state index in [0.29, 0.717) is 0 Å². The first-order chi connectivity index (χ1) is 10.0. The standard InChI is InChI=1S/C16H17F2NOS/c1-11(16(19-2)12-6-4-3-5-7-12)21(20)15-10-13(17)8-9-14(15)18/h3-11,16,19H,1-2H3. The van der Waals surface area contributed by atoms with Gasteiger partial charge in [0.1, 0.15) is 11.6 Å². The molecule has 1 N–H and O–H groups in total. The van der Waals surface area contributed by atoms with Crippen molar-refractivity contribution in [1.82, 2.24) is 5.32 Å². The molecule has 2 aromatic carbocycles. The Hall–Kier alpha value is -1.59. The zero-order valence-electron chi connectivity index (χ0n) is 11.8. The van der Waals surface area contributed by atoms with E-state index in [9.17, 15) is 13.0 Å². The molecule has 0 heterocycles. The van der Waals surface area contributed by atoms with E-state index in [0.717, 1.165) is 23.8 Å². The Labute approximate surface area is 125 Å². The Kier molecular flexibility index (Phi) is 5.20. The maximum atomic E-state index is 13.8. The summed E-state index contributed by atoms with van der Waals surface area (Å²) >= 11 is 0. The highest BCUT2D eigenvalue weighted by Crippen LogP contribution is 2.25. The van der Waals surface area contributed by atoms with Crippen molar-refractivity contribution in [2.45, 2.75) is 23.1 Å². The monoisotopic (exact) mass is 309 g/mol. The van der Waals surface area contributed by atoms with E-state index in [1.165, 1.54) is 0 Å². The van der Waals surface area contributed by atoms with Gasteiger partial charge in [0.25, 0.3) is 0 Å². The first-order valence-corrected chi connectivity index (χ1v) is 7.83. The predicted molar refractivity (Wildman–Crippen MR) is 80.5 cm³/mol. The molecule has 112 valence electrons. The van der Waals surface area contributed by atoms with Crippen LogP contribution >= 0.6 is 0 Å². The Bertz CT molecular complexity index is 633. The third-order valence-corrected chi connectivity index (χ3v) is 5.08. The van der Waals surface area contributed by atoms with Gasteiger partial charge in [-0.1, -0.05) is 30.3 Å². The van der Waals surface area contributed by atoms with E-state index in [4.69, 9.17) is 0 Å². The molecule has 3 unspecified atom stereocenters. The largest absolute Gasteiger partial charge is 0.312 e. The molecule has 0 aromatic heterocycles. The quantitative estimate of drug-likeness (QED) is 0.917. The first-order valence-electron chi connectivity index (χ1n) is 6.62. The lowest BCUT2D eigenvalue weighted by Gasteiger charge is -2.23. The van der Waals surface area contributed by atoms with Crippen LogP contribution in [0.25, 0.3) is 0 Å². The fourth-order valence-electron chi connectivity index (χ4n) is 2.29. The lowest BCUT2D eigenvalue weighted by Crippen LogP contribution is -2.31. The molecule has 0 aliphatic carbocycles. The van der Waals surface area contributed by atoms with Crippen molar-refractivity contribution >= 4 is 10.8 Å². The van der Waals surface area contributed by atoms with Gasteiger partial charge in [0.05, 0.1) is 20.9 Å². The highest BCUT2D eigenvalue weighted by atomic mass is 32.2. The molecule has 5 heteroatoms. The summed E-state index contributed by atoms with van der Waals surface area (Å²) in [7, 11) is 0.0993. The van der Waals surface area contributed by atoms with Crippen molar-refractivity contribution in [3.05, 3.63) is 65.7 Å². The van der Waals surface area contributed by atoms with Gasteiger partial charge in [-0.2, -0.15) is 0 Å². The highest BCUT2D eigenvalue weighted by Gasteiger charge is 2.26. The van der Waals surface area contributed by atoms with Crippen molar-refractivity contribution in [3.8, 4) is 0 Å². The number of nitrogens with one attached hydrogen (secondary N) is 1. The second kappa shape index (κ2) is 6.91. The smallest absolute Gasteiger partial charge is 0.139 e. The summed E-state index contributed by atoms with van der Waals surface area (Å²) in [6.07, 6.45) is 0. The zero-order chi connectivity index (χ0) is 15.4. The third kappa shape index (κ3) is 3.54. The predicted octanol–water partition coefficient (Wildman–Crippen LogP) is 3.42. The van der Waals surface area contributed by atoms with Crippen molar-refractivity contribution < 1.29 is 13.0 Å². The molecule has 0 spiro atoms. The van der Waals surface area contributed by atoms with Crippen molar-refractivity contribution in [2.24, 2.45) is 0 Å². The second-order valence-electron chi connectivity index (χ2n) is 4.75. The third-order valence-electron chi connectivity index (χ3n) is 3.39. The minimum Gasteiger partial charge on any atom is -0.312 e. The van der Waals surface area contributed by atoms with E-state index in [-0.39, 0.29) is 10.9 Å². The summed E-state index contributed by atoms with van der Waals surface area (Å²) < 4.78 is 39.6. The van der Waals surface area contributed by atoms with Crippen LogP contribution < -0.4 is 5.32 Å². The summed E-state index contributed by atoms with van der Waals surface area (Å²) in [4.78, 5) is -0.0984. The molecule has 2 rings (SSSR count). The summed E-state index contributed by atoms with van der Waals surface area (Å²) in [6.45, 7) is 1.76. The Morgan fingerprint density at radius 1 is 1.10 bits per heavy atom. The van der Waals surface area contributed by atoms with Gasteiger partial charge in [0.2, 0.25) is 0 Å². The molecule has 21 heavy (non-hydrogen) atoms. The summed E-state index contributed by atoms with van der Waals surface area (Å²) in [5, 5.41) is 2.68. The molecule has 0 aliphatic heterocycles. The Morgan fingerprint density at radius 2 is 1.76 bits per heavy atom. The van der Waals surface area contributed by atoms with E-state index in [1.807, 2.05) is 30.3 Å². The molecule has 2 nitrogen and oxygen atoms in total. The van der Waals surface area contributed by atoms with Gasteiger partial charge in [-0.3, -0.25) is 4.21 Å². The number of rotatable bonds is 5. The molecule has 0 bridgehead atoms. The molecular weight excluding hydrogens is 292 g/mol. The van der Waals surface area contributed by atoms with E-state index in [1.54, 1.807) is 14.0 Å². The van der Waals surface area contributed by atoms with Crippen LogP contribution in [0.2, 0.25) is 0 Å².